The molecule has 176 valence electrons. The molecular weight excluding hydrogens is 442 g/mol. The van der Waals surface area contributed by atoms with Crippen molar-refractivity contribution in [2.24, 2.45) is 4.99 Å². The van der Waals surface area contributed by atoms with Gasteiger partial charge in [0, 0.05) is 17.3 Å². The van der Waals surface area contributed by atoms with Gasteiger partial charge in [-0.3, -0.25) is 4.79 Å². The van der Waals surface area contributed by atoms with E-state index >= 15 is 0 Å². The first-order valence-corrected chi connectivity index (χ1v) is 11.9. The lowest BCUT2D eigenvalue weighted by molar-refractivity contribution is -0.143. The summed E-state index contributed by atoms with van der Waals surface area (Å²) in [5.41, 5.74) is 2.49. The minimum atomic E-state index is -0.580. The Bertz CT molecular complexity index is 1060. The van der Waals surface area contributed by atoms with Gasteiger partial charge < -0.3 is 24.4 Å². The first-order valence-electron chi connectivity index (χ1n) is 11.0. The molecule has 1 amide bonds. The molecule has 3 aliphatic rings. The van der Waals surface area contributed by atoms with Crippen LogP contribution >= 0.6 is 11.8 Å². The summed E-state index contributed by atoms with van der Waals surface area (Å²) < 4.78 is 16.8. The third kappa shape index (κ3) is 4.73. The van der Waals surface area contributed by atoms with E-state index in [0.717, 1.165) is 24.1 Å². The Hall–Kier alpha value is -2.94. The van der Waals surface area contributed by atoms with E-state index < -0.39 is 12.0 Å². The second-order valence-electron chi connectivity index (χ2n) is 8.45. The molecule has 4 rings (SSSR count). The zero-order valence-corrected chi connectivity index (χ0v) is 20.3. The lowest BCUT2D eigenvalue weighted by atomic mass is 9.92. The molecule has 2 heterocycles. The molecule has 8 nitrogen and oxygen atoms in total. The Labute approximate surface area is 198 Å². The average molecular weight is 472 g/mol. The molecule has 0 aromatic heterocycles. The van der Waals surface area contributed by atoms with Crippen LogP contribution in [-0.4, -0.2) is 48.3 Å². The number of amides is 1. The number of thioether (sulfide) groups is 1. The number of carbonyl (C=O) groups is 2. The van der Waals surface area contributed by atoms with E-state index in [-0.39, 0.29) is 24.5 Å². The van der Waals surface area contributed by atoms with Gasteiger partial charge in [-0.15, -0.1) is 0 Å². The minimum Gasteiger partial charge on any atom is -0.493 e. The molecule has 9 heteroatoms. The van der Waals surface area contributed by atoms with Crippen LogP contribution < -0.4 is 14.8 Å². The lowest BCUT2D eigenvalue weighted by Crippen LogP contribution is -2.38. The quantitative estimate of drug-likeness (QED) is 0.575. The molecule has 0 bridgehead atoms. The van der Waals surface area contributed by atoms with E-state index in [2.05, 4.69) is 10.3 Å². The van der Waals surface area contributed by atoms with E-state index in [4.69, 9.17) is 14.2 Å². The van der Waals surface area contributed by atoms with Crippen molar-refractivity contribution in [3.63, 3.8) is 0 Å². The summed E-state index contributed by atoms with van der Waals surface area (Å²) >= 11 is 1.44. The van der Waals surface area contributed by atoms with Crippen LogP contribution in [0, 0.1) is 0 Å². The van der Waals surface area contributed by atoms with E-state index in [9.17, 15) is 9.59 Å². The maximum Gasteiger partial charge on any atom is 0.338 e. The Morgan fingerprint density at radius 1 is 1.24 bits per heavy atom. The van der Waals surface area contributed by atoms with Crippen molar-refractivity contribution in [1.29, 1.82) is 0 Å². The summed E-state index contributed by atoms with van der Waals surface area (Å²) in [7, 11) is 3.14. The molecule has 1 fully saturated rings. The van der Waals surface area contributed by atoms with Crippen LogP contribution in [-0.2, 0) is 14.3 Å². The number of para-hydroxylation sites is 1. The second-order valence-corrected chi connectivity index (χ2v) is 9.28. The molecule has 0 radical (unpaired) electrons. The molecule has 1 aliphatic carbocycles. The van der Waals surface area contributed by atoms with Crippen LogP contribution in [0.5, 0.6) is 11.5 Å². The van der Waals surface area contributed by atoms with Gasteiger partial charge in [-0.05, 0) is 45.1 Å². The molecule has 0 saturated heterocycles. The van der Waals surface area contributed by atoms with Crippen molar-refractivity contribution in [1.82, 2.24) is 10.2 Å². The van der Waals surface area contributed by atoms with Gasteiger partial charge in [0.05, 0.1) is 44.1 Å². The van der Waals surface area contributed by atoms with Crippen molar-refractivity contribution < 1.29 is 23.8 Å². The summed E-state index contributed by atoms with van der Waals surface area (Å²) in [4.78, 5) is 32.5. The van der Waals surface area contributed by atoms with E-state index in [1.165, 1.54) is 11.8 Å². The molecular formula is C24H29N3O5S. The number of allylic oxidation sites excluding steroid dienone is 1. The number of esters is 1. The van der Waals surface area contributed by atoms with E-state index in [1.54, 1.807) is 27.2 Å². The van der Waals surface area contributed by atoms with Gasteiger partial charge in [-0.2, -0.15) is 0 Å². The average Bonchev–Trinajstić information content (AvgIpc) is 3.50. The smallest absolute Gasteiger partial charge is 0.338 e. The number of rotatable bonds is 8. The maximum atomic E-state index is 13.3. The Morgan fingerprint density at radius 2 is 2.00 bits per heavy atom. The molecule has 1 aromatic rings. The van der Waals surface area contributed by atoms with Crippen LogP contribution in [0.15, 0.2) is 45.6 Å². The number of hydrogen-bond acceptors (Lipinski definition) is 8. The highest BCUT2D eigenvalue weighted by Crippen LogP contribution is 2.48. The fourth-order valence-electron chi connectivity index (χ4n) is 4.00. The SMILES string of the molecule is COc1cccc([C@@H]2C(C(=O)OC(C)C)=C(C)N=C3SC=C(CC(=O)NC4CC4)N32)c1OC. The van der Waals surface area contributed by atoms with Gasteiger partial charge >= 0.3 is 5.97 Å². The van der Waals surface area contributed by atoms with Gasteiger partial charge in [-0.25, -0.2) is 9.79 Å². The molecule has 1 saturated carbocycles. The fourth-order valence-corrected chi connectivity index (χ4v) is 4.96. The highest BCUT2D eigenvalue weighted by Gasteiger charge is 2.43. The van der Waals surface area contributed by atoms with Gasteiger partial charge in [0.15, 0.2) is 16.7 Å². The van der Waals surface area contributed by atoms with Crippen LogP contribution in [0.1, 0.15) is 51.6 Å². The normalized spacial score (nSPS) is 19.7. The Morgan fingerprint density at radius 3 is 2.64 bits per heavy atom. The van der Waals surface area contributed by atoms with Crippen molar-refractivity contribution in [2.45, 2.75) is 58.2 Å². The number of benzene rings is 1. The number of fused-ring (bicyclic) bond motifs is 1. The summed E-state index contributed by atoms with van der Waals surface area (Å²) in [6, 6.07) is 5.25. The Kier molecular flexibility index (Phi) is 6.69. The largest absolute Gasteiger partial charge is 0.493 e. The van der Waals surface area contributed by atoms with Crippen molar-refractivity contribution >= 4 is 28.8 Å². The lowest BCUT2D eigenvalue weighted by Gasteiger charge is -2.37. The van der Waals surface area contributed by atoms with Crippen LogP contribution in [0.3, 0.4) is 0 Å². The summed E-state index contributed by atoms with van der Waals surface area (Å²) in [5, 5.41) is 5.67. The number of nitrogens with one attached hydrogen (secondary N) is 1. The van der Waals surface area contributed by atoms with Gasteiger partial charge in [0.25, 0.3) is 0 Å². The summed E-state index contributed by atoms with van der Waals surface area (Å²) in [5.74, 6) is 0.586. The first-order chi connectivity index (χ1) is 15.8. The highest BCUT2D eigenvalue weighted by atomic mass is 32.2. The van der Waals surface area contributed by atoms with Crippen molar-refractivity contribution in [2.75, 3.05) is 14.2 Å². The minimum absolute atomic E-state index is 0.0421. The molecule has 33 heavy (non-hydrogen) atoms. The van der Waals surface area contributed by atoms with E-state index in [0.29, 0.717) is 27.9 Å². The predicted octanol–water partition coefficient (Wildman–Crippen LogP) is 3.90. The summed E-state index contributed by atoms with van der Waals surface area (Å²) in [6.07, 6.45) is 1.94. The zero-order chi connectivity index (χ0) is 23.7. The zero-order valence-electron chi connectivity index (χ0n) is 19.5. The fraction of sp³-hybridized carbons (Fsp3) is 0.458. The van der Waals surface area contributed by atoms with Gasteiger partial charge in [0.2, 0.25) is 5.91 Å². The third-order valence-corrected chi connectivity index (χ3v) is 6.46. The van der Waals surface area contributed by atoms with Crippen LogP contribution in [0.4, 0.5) is 0 Å². The molecule has 2 aliphatic heterocycles. The van der Waals surface area contributed by atoms with Crippen LogP contribution in [0.2, 0.25) is 0 Å². The molecule has 1 atom stereocenters. The predicted molar refractivity (Wildman–Crippen MR) is 127 cm³/mol. The number of ether oxygens (including phenoxy) is 3. The van der Waals surface area contributed by atoms with E-state index in [1.807, 2.05) is 36.3 Å². The standard InChI is InChI=1S/C24H29N3O5S/c1-13(2)32-23(29)20-14(3)25-24-27(16(12-33-24)11-19(28)26-15-9-10-15)21(20)17-7-6-8-18(30-4)22(17)31-5/h6-8,12-13,15,21H,9-11H2,1-5H3,(H,26,28)/t21-/m1/s1. The Balaban J connectivity index is 1.79. The molecule has 1 N–H and O–H groups in total. The van der Waals surface area contributed by atoms with Gasteiger partial charge in [0.1, 0.15) is 0 Å². The monoisotopic (exact) mass is 471 g/mol. The second kappa shape index (κ2) is 9.51. The molecule has 1 aromatic carbocycles. The molecule has 0 unspecified atom stereocenters. The number of amidine groups is 1. The van der Waals surface area contributed by atoms with Gasteiger partial charge in [-0.1, -0.05) is 23.9 Å². The first kappa shape index (κ1) is 23.2. The topological polar surface area (TPSA) is 89.5 Å². The summed E-state index contributed by atoms with van der Waals surface area (Å²) in [6.45, 7) is 5.43. The van der Waals surface area contributed by atoms with Crippen molar-refractivity contribution in [3.05, 3.63) is 46.1 Å². The number of carbonyl (C=O) groups excluding carboxylic acids is 2. The van der Waals surface area contributed by atoms with Crippen molar-refractivity contribution in [3.8, 4) is 11.5 Å². The number of nitrogens with zero attached hydrogens (tertiary/aromatic N) is 2. The maximum absolute atomic E-state index is 13.3. The number of hydrogen-bond donors (Lipinski definition) is 1. The highest BCUT2D eigenvalue weighted by molar-refractivity contribution is 8.16. The number of methoxy groups -OCH3 is 2. The van der Waals surface area contributed by atoms with Crippen LogP contribution in [0.25, 0.3) is 0 Å². The third-order valence-electron chi connectivity index (χ3n) is 5.58. The number of aliphatic imine (C=N–C) groups is 1. The molecule has 0 spiro atoms.